The monoisotopic (exact) mass is 423 g/mol. The lowest BCUT2D eigenvalue weighted by molar-refractivity contribution is -0.274. The van der Waals surface area contributed by atoms with Gasteiger partial charge in [0.1, 0.15) is 11.4 Å². The number of rotatable bonds is 3. The number of nitrogens with zero attached hydrogens (tertiary/aromatic N) is 1. The molecule has 2 rings (SSSR count). The fourth-order valence-electron chi connectivity index (χ4n) is 2.90. The Morgan fingerprint density at radius 1 is 1.29 bits per heavy atom. The molecule has 6 nitrogen and oxygen atoms in total. The van der Waals surface area contributed by atoms with Gasteiger partial charge in [-0.25, -0.2) is 4.79 Å². The summed E-state index contributed by atoms with van der Waals surface area (Å²) < 4.78 is 46.5. The number of alkyl halides is 3. The number of carbonyl (C=O) groups excluding carboxylic acids is 1. The van der Waals surface area contributed by atoms with Crippen LogP contribution in [0.5, 0.6) is 5.75 Å². The first-order valence-electron chi connectivity index (χ1n) is 8.93. The highest BCUT2D eigenvalue weighted by molar-refractivity contribution is 6.34. The summed E-state index contributed by atoms with van der Waals surface area (Å²) in [6.45, 7) is 6.32. The summed E-state index contributed by atoms with van der Waals surface area (Å²) in [6, 6.07) is 1.93. The van der Waals surface area contributed by atoms with Crippen LogP contribution in [-0.4, -0.2) is 42.1 Å². The Labute approximate surface area is 167 Å². The minimum absolute atomic E-state index is 0.00677. The molecule has 1 aliphatic rings. The molecule has 0 saturated carbocycles. The summed E-state index contributed by atoms with van der Waals surface area (Å²) in [5.41, 5.74) is 5.61. The number of nitrogen functional groups attached to an aromatic ring is 1. The number of nitrogens with two attached hydrogens (primary N) is 1. The van der Waals surface area contributed by atoms with Gasteiger partial charge in [-0.15, -0.1) is 13.2 Å². The van der Waals surface area contributed by atoms with Gasteiger partial charge in [0.2, 0.25) is 0 Å². The maximum Gasteiger partial charge on any atom is 0.573 e. The van der Waals surface area contributed by atoms with Crippen LogP contribution in [-0.2, 0) is 4.74 Å². The fraction of sp³-hybridized carbons (Fsp3) is 0.611. The van der Waals surface area contributed by atoms with Crippen LogP contribution in [0, 0.1) is 0 Å². The Bertz CT molecular complexity index is 685. The number of hydrogen-bond donors (Lipinski definition) is 2. The summed E-state index contributed by atoms with van der Waals surface area (Å²) in [4.78, 5) is 14.0. The number of carbonyl (C=O) groups is 1. The number of amides is 1. The van der Waals surface area contributed by atoms with Gasteiger partial charge in [0, 0.05) is 31.3 Å². The molecule has 1 atom stereocenters. The topological polar surface area (TPSA) is 76.8 Å². The van der Waals surface area contributed by atoms with E-state index < -0.39 is 23.8 Å². The second kappa shape index (κ2) is 8.55. The zero-order chi connectivity index (χ0) is 21.1. The van der Waals surface area contributed by atoms with Gasteiger partial charge < -0.3 is 25.4 Å². The van der Waals surface area contributed by atoms with Crippen molar-refractivity contribution < 1.29 is 27.4 Å². The highest BCUT2D eigenvalue weighted by atomic mass is 35.5. The van der Waals surface area contributed by atoms with Crippen molar-refractivity contribution in [3.63, 3.8) is 0 Å². The van der Waals surface area contributed by atoms with Gasteiger partial charge >= 0.3 is 12.5 Å². The standard InChI is InChI=1S/C18H25ClF3N3O3/c1-17(2,3)28-16(26)25-7-5-4-6-11(10-25)24-15-13(19)8-12(9-14(15)23)27-18(20,21)22/h8-9,11,24H,4-7,10,23H2,1-3H3/t11-/m1/s1. The zero-order valence-electron chi connectivity index (χ0n) is 16.0. The molecule has 0 bridgehead atoms. The van der Waals surface area contributed by atoms with E-state index in [2.05, 4.69) is 10.1 Å². The highest BCUT2D eigenvalue weighted by Crippen LogP contribution is 2.36. The molecule has 0 unspecified atom stereocenters. The molecular weight excluding hydrogens is 399 g/mol. The highest BCUT2D eigenvalue weighted by Gasteiger charge is 2.32. The van der Waals surface area contributed by atoms with Crippen LogP contribution in [0.2, 0.25) is 5.02 Å². The largest absolute Gasteiger partial charge is 0.573 e. The lowest BCUT2D eigenvalue weighted by Crippen LogP contribution is -2.42. The number of ether oxygens (including phenoxy) is 2. The van der Waals surface area contributed by atoms with E-state index in [9.17, 15) is 18.0 Å². The first kappa shape index (κ1) is 22.3. The number of benzene rings is 1. The van der Waals surface area contributed by atoms with Crippen molar-refractivity contribution in [1.82, 2.24) is 4.90 Å². The van der Waals surface area contributed by atoms with Crippen molar-refractivity contribution in [2.75, 3.05) is 24.1 Å². The Hall–Kier alpha value is -2.03. The maximum absolute atomic E-state index is 12.4. The van der Waals surface area contributed by atoms with E-state index in [4.69, 9.17) is 22.1 Å². The van der Waals surface area contributed by atoms with Crippen molar-refractivity contribution >= 4 is 29.1 Å². The third-order valence-corrected chi connectivity index (χ3v) is 4.30. The summed E-state index contributed by atoms with van der Waals surface area (Å²) >= 11 is 6.11. The second-order valence-corrected chi connectivity index (χ2v) is 8.09. The van der Waals surface area contributed by atoms with Gasteiger partial charge in [-0.3, -0.25) is 0 Å². The van der Waals surface area contributed by atoms with Crippen molar-refractivity contribution in [2.45, 2.75) is 58.0 Å². The average Bonchev–Trinajstić information content (AvgIpc) is 2.73. The molecule has 10 heteroatoms. The molecule has 1 aromatic rings. The van der Waals surface area contributed by atoms with E-state index in [0.29, 0.717) is 18.8 Å². The molecule has 0 spiro atoms. The predicted octanol–water partition coefficient (Wildman–Crippen LogP) is 5.02. The molecular formula is C18H25ClF3N3O3. The summed E-state index contributed by atoms with van der Waals surface area (Å²) in [6.07, 6.45) is -2.81. The normalized spacial score (nSPS) is 18.4. The lowest BCUT2D eigenvalue weighted by atomic mass is 10.1. The Kier molecular flexibility index (Phi) is 6.80. The van der Waals surface area contributed by atoms with Gasteiger partial charge in [-0.05, 0) is 40.0 Å². The van der Waals surface area contributed by atoms with Gasteiger partial charge in [0.15, 0.2) is 0 Å². The molecule has 158 valence electrons. The Morgan fingerprint density at radius 3 is 2.54 bits per heavy atom. The van der Waals surface area contributed by atoms with Gasteiger partial charge in [0.05, 0.1) is 16.4 Å². The maximum atomic E-state index is 12.4. The van der Waals surface area contributed by atoms with E-state index in [-0.39, 0.29) is 16.8 Å². The predicted molar refractivity (Wildman–Crippen MR) is 102 cm³/mol. The fourth-order valence-corrected chi connectivity index (χ4v) is 3.17. The average molecular weight is 424 g/mol. The summed E-state index contributed by atoms with van der Waals surface area (Å²) in [5, 5.41) is 3.16. The third-order valence-electron chi connectivity index (χ3n) is 4.00. The summed E-state index contributed by atoms with van der Waals surface area (Å²) in [5.74, 6) is -0.489. The number of halogens is 4. The molecule has 1 aliphatic heterocycles. The molecule has 1 amide bonds. The van der Waals surface area contributed by atoms with Gasteiger partial charge in [-0.1, -0.05) is 11.6 Å². The van der Waals surface area contributed by atoms with Crippen LogP contribution in [0.4, 0.5) is 29.3 Å². The SMILES string of the molecule is CC(C)(C)OC(=O)N1CCCC[C@@H](Nc2c(N)cc(OC(F)(F)F)cc2Cl)C1. The van der Waals surface area contributed by atoms with Crippen LogP contribution in [0.3, 0.4) is 0 Å². The molecule has 1 aromatic carbocycles. The van der Waals surface area contributed by atoms with Gasteiger partial charge in [0.25, 0.3) is 0 Å². The van der Waals surface area contributed by atoms with Crippen LogP contribution in [0.1, 0.15) is 40.0 Å². The van der Waals surface area contributed by atoms with Crippen LogP contribution in [0.15, 0.2) is 12.1 Å². The third kappa shape index (κ3) is 6.85. The molecule has 1 heterocycles. The molecule has 0 aliphatic carbocycles. The lowest BCUT2D eigenvalue weighted by Gasteiger charge is -2.29. The van der Waals surface area contributed by atoms with E-state index in [1.54, 1.807) is 25.7 Å². The minimum Gasteiger partial charge on any atom is -0.444 e. The van der Waals surface area contributed by atoms with E-state index >= 15 is 0 Å². The van der Waals surface area contributed by atoms with Crippen LogP contribution < -0.4 is 15.8 Å². The quantitative estimate of drug-likeness (QED) is 0.667. The zero-order valence-corrected chi connectivity index (χ0v) is 16.8. The smallest absolute Gasteiger partial charge is 0.444 e. The minimum atomic E-state index is -4.83. The van der Waals surface area contributed by atoms with E-state index in [0.717, 1.165) is 31.4 Å². The summed E-state index contributed by atoms with van der Waals surface area (Å²) in [7, 11) is 0. The van der Waals surface area contributed by atoms with E-state index in [1.807, 2.05) is 0 Å². The molecule has 28 heavy (non-hydrogen) atoms. The first-order valence-corrected chi connectivity index (χ1v) is 9.31. The molecule has 0 aromatic heterocycles. The molecule has 1 fully saturated rings. The second-order valence-electron chi connectivity index (χ2n) is 7.68. The number of likely N-dealkylation sites (tertiary alicyclic amines) is 1. The molecule has 1 saturated heterocycles. The number of anilines is 2. The van der Waals surface area contributed by atoms with E-state index in [1.165, 1.54) is 0 Å². The van der Waals surface area contributed by atoms with Crippen molar-refractivity contribution in [3.05, 3.63) is 17.2 Å². The Balaban J connectivity index is 2.12. The van der Waals surface area contributed by atoms with Crippen molar-refractivity contribution in [2.24, 2.45) is 0 Å². The molecule has 0 radical (unpaired) electrons. The van der Waals surface area contributed by atoms with Crippen LogP contribution in [0.25, 0.3) is 0 Å². The number of nitrogens with one attached hydrogen (secondary N) is 1. The van der Waals surface area contributed by atoms with Crippen molar-refractivity contribution in [3.8, 4) is 5.75 Å². The first-order chi connectivity index (χ1) is 12.8. The Morgan fingerprint density at radius 2 is 1.96 bits per heavy atom. The van der Waals surface area contributed by atoms with Crippen LogP contribution >= 0.6 is 11.6 Å². The molecule has 3 N–H and O–H groups in total. The van der Waals surface area contributed by atoms with Gasteiger partial charge in [-0.2, -0.15) is 0 Å². The van der Waals surface area contributed by atoms with Crippen molar-refractivity contribution in [1.29, 1.82) is 0 Å². The number of hydrogen-bond acceptors (Lipinski definition) is 5.